The number of ether oxygens (including phenoxy) is 2. The van der Waals surface area contributed by atoms with Crippen molar-refractivity contribution >= 4 is 5.91 Å². The van der Waals surface area contributed by atoms with Crippen molar-refractivity contribution in [3.8, 4) is 5.75 Å². The normalized spacial score (nSPS) is 24.9. The van der Waals surface area contributed by atoms with Crippen LogP contribution in [-0.2, 0) is 14.9 Å². The van der Waals surface area contributed by atoms with E-state index in [9.17, 15) is 4.79 Å². The predicted molar refractivity (Wildman–Crippen MR) is 113 cm³/mol. The fourth-order valence-corrected chi connectivity index (χ4v) is 4.62. The lowest BCUT2D eigenvalue weighted by Crippen LogP contribution is -2.45. The van der Waals surface area contributed by atoms with Crippen LogP contribution >= 0.6 is 0 Å². The Bertz CT molecular complexity index is 710. The summed E-state index contributed by atoms with van der Waals surface area (Å²) in [6.45, 7) is 13.4. The second kappa shape index (κ2) is 8.28. The van der Waals surface area contributed by atoms with Crippen LogP contribution in [0.5, 0.6) is 5.75 Å². The van der Waals surface area contributed by atoms with Crippen molar-refractivity contribution in [2.45, 2.75) is 52.9 Å². The van der Waals surface area contributed by atoms with Gasteiger partial charge in [-0.3, -0.25) is 4.79 Å². The summed E-state index contributed by atoms with van der Waals surface area (Å²) < 4.78 is 11.2. The van der Waals surface area contributed by atoms with Gasteiger partial charge in [-0.05, 0) is 62.6 Å². The SMILES string of the molecule is CCOc1ccc(C2(CNC(=O)C3C(C=C(C)C)C3(C)C)CCOCC2)cc1. The quantitative estimate of drug-likeness (QED) is 0.704. The Balaban J connectivity index is 1.71. The minimum atomic E-state index is -0.0658. The first-order valence-corrected chi connectivity index (χ1v) is 10.5. The summed E-state index contributed by atoms with van der Waals surface area (Å²) in [4.78, 5) is 13.0. The molecule has 1 N–H and O–H groups in total. The number of nitrogens with one attached hydrogen (secondary N) is 1. The Hall–Kier alpha value is -1.81. The summed E-state index contributed by atoms with van der Waals surface area (Å²) in [6, 6.07) is 8.37. The summed E-state index contributed by atoms with van der Waals surface area (Å²) in [5.41, 5.74) is 2.52. The summed E-state index contributed by atoms with van der Waals surface area (Å²) in [6.07, 6.45) is 4.10. The van der Waals surface area contributed by atoms with E-state index in [4.69, 9.17) is 9.47 Å². The molecule has 28 heavy (non-hydrogen) atoms. The molecule has 1 aromatic carbocycles. The first kappa shape index (κ1) is 20.9. The standard InChI is InChI=1S/C24H35NO3/c1-6-28-19-9-7-18(8-10-19)24(11-13-27-14-12-24)16-25-22(26)21-20(15-17(2)3)23(21,4)5/h7-10,15,20-21H,6,11-14,16H2,1-5H3,(H,25,26). The summed E-state index contributed by atoms with van der Waals surface area (Å²) in [7, 11) is 0. The number of hydrogen-bond donors (Lipinski definition) is 1. The molecule has 1 aromatic rings. The van der Waals surface area contributed by atoms with E-state index in [2.05, 4.69) is 51.2 Å². The van der Waals surface area contributed by atoms with Gasteiger partial charge in [0.1, 0.15) is 5.75 Å². The largest absolute Gasteiger partial charge is 0.494 e. The molecular formula is C24H35NO3. The number of benzene rings is 1. The first-order chi connectivity index (χ1) is 13.3. The van der Waals surface area contributed by atoms with Crippen molar-refractivity contribution < 1.29 is 14.3 Å². The highest BCUT2D eigenvalue weighted by molar-refractivity contribution is 5.83. The zero-order valence-corrected chi connectivity index (χ0v) is 18.0. The van der Waals surface area contributed by atoms with Gasteiger partial charge in [0.05, 0.1) is 12.5 Å². The molecule has 3 rings (SSSR count). The van der Waals surface area contributed by atoms with E-state index in [1.807, 2.05) is 19.1 Å². The second-order valence-electron chi connectivity index (χ2n) is 9.14. The smallest absolute Gasteiger partial charge is 0.224 e. The fourth-order valence-electron chi connectivity index (χ4n) is 4.62. The third-order valence-electron chi connectivity index (χ3n) is 6.53. The van der Waals surface area contributed by atoms with Crippen molar-refractivity contribution in [3.05, 3.63) is 41.5 Å². The molecule has 154 valence electrons. The predicted octanol–water partition coefficient (Wildman–Crippen LogP) is 4.49. The van der Waals surface area contributed by atoms with Crippen LogP contribution in [0.3, 0.4) is 0 Å². The van der Waals surface area contributed by atoms with Gasteiger partial charge >= 0.3 is 0 Å². The lowest BCUT2D eigenvalue weighted by atomic mass is 9.74. The summed E-state index contributed by atoms with van der Waals surface area (Å²) in [5.74, 6) is 1.49. The molecule has 1 heterocycles. The van der Waals surface area contributed by atoms with Crippen LogP contribution in [-0.4, -0.2) is 32.3 Å². The van der Waals surface area contributed by atoms with E-state index in [-0.39, 0.29) is 22.7 Å². The number of rotatable bonds is 7. The monoisotopic (exact) mass is 385 g/mol. The zero-order valence-electron chi connectivity index (χ0n) is 18.0. The van der Waals surface area contributed by atoms with E-state index in [1.165, 1.54) is 11.1 Å². The van der Waals surface area contributed by atoms with Crippen LogP contribution in [0.2, 0.25) is 0 Å². The third-order valence-corrected chi connectivity index (χ3v) is 6.53. The van der Waals surface area contributed by atoms with Crippen LogP contribution in [0, 0.1) is 17.3 Å². The average Bonchev–Trinajstić information content (AvgIpc) is 3.20. The topological polar surface area (TPSA) is 47.6 Å². The molecule has 0 bridgehead atoms. The van der Waals surface area contributed by atoms with Gasteiger partial charge in [-0.25, -0.2) is 0 Å². The number of carbonyl (C=O) groups is 1. The molecule has 1 saturated heterocycles. The van der Waals surface area contributed by atoms with Gasteiger partial charge in [-0.1, -0.05) is 37.6 Å². The van der Waals surface area contributed by atoms with Crippen molar-refractivity contribution in [2.24, 2.45) is 17.3 Å². The van der Waals surface area contributed by atoms with E-state index < -0.39 is 0 Å². The van der Waals surface area contributed by atoms with E-state index in [1.54, 1.807) is 0 Å². The molecule has 0 aromatic heterocycles. The van der Waals surface area contributed by atoms with Crippen LogP contribution in [0.25, 0.3) is 0 Å². The molecule has 1 saturated carbocycles. The lowest BCUT2D eigenvalue weighted by Gasteiger charge is -2.38. The summed E-state index contributed by atoms with van der Waals surface area (Å²) in [5, 5.41) is 3.30. The van der Waals surface area contributed by atoms with Gasteiger partial charge < -0.3 is 14.8 Å². The number of carbonyl (C=O) groups excluding carboxylic acids is 1. The molecule has 4 nitrogen and oxygen atoms in total. The van der Waals surface area contributed by atoms with Gasteiger partial charge in [-0.15, -0.1) is 0 Å². The van der Waals surface area contributed by atoms with Crippen molar-refractivity contribution in [1.29, 1.82) is 0 Å². The maximum Gasteiger partial charge on any atom is 0.224 e. The Morgan fingerprint density at radius 2 is 1.86 bits per heavy atom. The minimum Gasteiger partial charge on any atom is -0.494 e. The molecule has 2 fully saturated rings. The van der Waals surface area contributed by atoms with Gasteiger partial charge in [0.25, 0.3) is 0 Å². The Labute approximate surface area is 169 Å². The van der Waals surface area contributed by atoms with E-state index in [0.29, 0.717) is 19.1 Å². The van der Waals surface area contributed by atoms with Gasteiger partial charge in [0, 0.05) is 25.2 Å². The Kier molecular flexibility index (Phi) is 6.18. The molecule has 1 aliphatic carbocycles. The molecule has 1 amide bonds. The molecular weight excluding hydrogens is 350 g/mol. The maximum absolute atomic E-state index is 13.0. The van der Waals surface area contributed by atoms with Crippen molar-refractivity contribution in [1.82, 2.24) is 5.32 Å². The Morgan fingerprint density at radius 3 is 2.43 bits per heavy atom. The van der Waals surface area contributed by atoms with Gasteiger partial charge in [0.2, 0.25) is 5.91 Å². The lowest BCUT2D eigenvalue weighted by molar-refractivity contribution is -0.123. The van der Waals surface area contributed by atoms with Crippen LogP contribution in [0.1, 0.15) is 53.0 Å². The molecule has 2 unspecified atom stereocenters. The van der Waals surface area contributed by atoms with Crippen molar-refractivity contribution in [2.75, 3.05) is 26.4 Å². The highest BCUT2D eigenvalue weighted by atomic mass is 16.5. The molecule has 2 aliphatic rings. The van der Waals surface area contributed by atoms with Gasteiger partial charge in [0.15, 0.2) is 0 Å². The molecule has 2 atom stereocenters. The number of amides is 1. The maximum atomic E-state index is 13.0. The highest BCUT2D eigenvalue weighted by Crippen LogP contribution is 2.59. The third kappa shape index (κ3) is 4.27. The number of allylic oxidation sites excluding steroid dienone is 2. The minimum absolute atomic E-state index is 0.0450. The molecule has 0 radical (unpaired) electrons. The van der Waals surface area contributed by atoms with E-state index >= 15 is 0 Å². The molecule has 4 heteroatoms. The van der Waals surface area contributed by atoms with Crippen molar-refractivity contribution in [3.63, 3.8) is 0 Å². The van der Waals surface area contributed by atoms with Crippen LogP contribution in [0.15, 0.2) is 35.9 Å². The van der Waals surface area contributed by atoms with Crippen LogP contribution < -0.4 is 10.1 Å². The zero-order chi connectivity index (χ0) is 20.4. The molecule has 0 spiro atoms. The first-order valence-electron chi connectivity index (χ1n) is 10.5. The van der Waals surface area contributed by atoms with Crippen LogP contribution in [0.4, 0.5) is 0 Å². The number of hydrogen-bond acceptors (Lipinski definition) is 3. The highest BCUT2D eigenvalue weighted by Gasteiger charge is 2.60. The fraction of sp³-hybridized carbons (Fsp3) is 0.625. The second-order valence-corrected chi connectivity index (χ2v) is 9.14. The van der Waals surface area contributed by atoms with Gasteiger partial charge in [-0.2, -0.15) is 0 Å². The molecule has 1 aliphatic heterocycles. The Morgan fingerprint density at radius 1 is 1.21 bits per heavy atom. The van der Waals surface area contributed by atoms with E-state index in [0.717, 1.165) is 31.8 Å². The summed E-state index contributed by atoms with van der Waals surface area (Å²) >= 11 is 0. The average molecular weight is 386 g/mol.